The average Bonchev–Trinajstić information content (AvgIpc) is 2.85. The summed E-state index contributed by atoms with van der Waals surface area (Å²) in [6.07, 6.45) is 0.501. The molecule has 4 amide bonds. The molecule has 12 heteroatoms. The summed E-state index contributed by atoms with van der Waals surface area (Å²) in [7, 11) is 0. The lowest BCUT2D eigenvalue weighted by Crippen LogP contribution is -2.59. The van der Waals surface area contributed by atoms with E-state index in [1.807, 2.05) is 6.92 Å². The lowest BCUT2D eigenvalue weighted by molar-refractivity contribution is -0.142. The first-order chi connectivity index (χ1) is 17.3. The maximum atomic E-state index is 13.1. The molecule has 0 saturated heterocycles. The van der Waals surface area contributed by atoms with Crippen LogP contribution in [0, 0.1) is 11.8 Å². The van der Waals surface area contributed by atoms with Crippen LogP contribution in [-0.2, 0) is 30.4 Å². The van der Waals surface area contributed by atoms with E-state index in [9.17, 15) is 34.2 Å². The number of phenols is 1. The van der Waals surface area contributed by atoms with Crippen LogP contribution in [0.25, 0.3) is 0 Å². The number of nitrogens with one attached hydrogen (secondary N) is 3. The molecule has 0 aromatic heterocycles. The van der Waals surface area contributed by atoms with E-state index in [0.29, 0.717) is 18.4 Å². The molecule has 206 valence electrons. The number of hydrogen-bond donors (Lipinski definition) is 7. The lowest BCUT2D eigenvalue weighted by atomic mass is 9.96. The van der Waals surface area contributed by atoms with Gasteiger partial charge >= 0.3 is 5.97 Å². The van der Waals surface area contributed by atoms with Crippen molar-refractivity contribution in [2.45, 2.75) is 77.5 Å². The smallest absolute Gasteiger partial charge is 0.326 e. The Morgan fingerprint density at radius 3 is 1.86 bits per heavy atom. The molecule has 0 aliphatic rings. The Hall–Kier alpha value is -3.67. The first-order valence-corrected chi connectivity index (χ1v) is 12.3. The van der Waals surface area contributed by atoms with Gasteiger partial charge in [0.25, 0.3) is 0 Å². The first-order valence-electron chi connectivity index (χ1n) is 12.3. The number of aromatic hydroxyl groups is 1. The van der Waals surface area contributed by atoms with Crippen molar-refractivity contribution in [1.82, 2.24) is 16.0 Å². The van der Waals surface area contributed by atoms with Crippen LogP contribution >= 0.6 is 0 Å². The molecule has 6 atom stereocenters. The quantitative estimate of drug-likeness (QED) is 0.163. The number of carboxylic acid groups (broad SMARTS) is 1. The summed E-state index contributed by atoms with van der Waals surface area (Å²) in [5.74, 6) is -4.92. The number of benzene rings is 1. The van der Waals surface area contributed by atoms with Crippen LogP contribution in [0.2, 0.25) is 0 Å². The number of carboxylic acids is 1. The summed E-state index contributed by atoms with van der Waals surface area (Å²) in [4.78, 5) is 62.1. The van der Waals surface area contributed by atoms with Crippen LogP contribution in [0.1, 0.15) is 52.5 Å². The highest BCUT2D eigenvalue weighted by atomic mass is 16.4. The van der Waals surface area contributed by atoms with Crippen molar-refractivity contribution < 1.29 is 34.2 Å². The van der Waals surface area contributed by atoms with Crippen molar-refractivity contribution in [1.29, 1.82) is 0 Å². The third kappa shape index (κ3) is 10.1. The van der Waals surface area contributed by atoms with Gasteiger partial charge in [0.2, 0.25) is 23.6 Å². The number of carbonyl (C=O) groups is 5. The Morgan fingerprint density at radius 1 is 0.838 bits per heavy atom. The molecule has 0 saturated carbocycles. The van der Waals surface area contributed by atoms with Crippen molar-refractivity contribution in [3.63, 3.8) is 0 Å². The van der Waals surface area contributed by atoms with Crippen LogP contribution in [0.15, 0.2) is 24.3 Å². The fraction of sp³-hybridized carbons (Fsp3) is 0.560. The predicted molar refractivity (Wildman–Crippen MR) is 136 cm³/mol. The molecule has 12 nitrogen and oxygen atoms in total. The highest BCUT2D eigenvalue weighted by molar-refractivity contribution is 5.96. The van der Waals surface area contributed by atoms with Gasteiger partial charge in [-0.2, -0.15) is 0 Å². The molecular weight excluding hydrogens is 482 g/mol. The van der Waals surface area contributed by atoms with E-state index in [2.05, 4.69) is 16.0 Å². The van der Waals surface area contributed by atoms with Gasteiger partial charge in [0, 0.05) is 6.42 Å². The number of aliphatic carboxylic acids is 1. The van der Waals surface area contributed by atoms with Gasteiger partial charge in [-0.3, -0.25) is 19.2 Å². The molecule has 0 aliphatic heterocycles. The number of nitrogens with two attached hydrogens (primary N) is 2. The number of rotatable bonds is 15. The zero-order chi connectivity index (χ0) is 28.3. The molecule has 0 radical (unpaired) electrons. The highest BCUT2D eigenvalue weighted by Crippen LogP contribution is 2.13. The van der Waals surface area contributed by atoms with Crippen molar-refractivity contribution >= 4 is 29.6 Å². The van der Waals surface area contributed by atoms with Gasteiger partial charge < -0.3 is 37.6 Å². The standard InChI is InChI=1S/C25H39N5O7/c1-5-13(3)20(27)23(34)28-17(12-19(26)32)22(33)30-21(14(4)6-2)24(35)29-18(25(36)37)11-15-7-9-16(31)10-8-15/h7-10,13-14,17-18,20-21,31H,5-6,11-12,27H2,1-4H3,(H2,26,32)(H,28,34)(H,29,35)(H,30,33)(H,36,37). The summed E-state index contributed by atoms with van der Waals surface area (Å²) < 4.78 is 0. The molecule has 0 heterocycles. The number of phenolic OH excluding ortho intramolecular Hbond substituents is 1. The third-order valence-corrected chi connectivity index (χ3v) is 6.38. The second-order valence-corrected chi connectivity index (χ2v) is 9.28. The molecule has 0 bridgehead atoms. The molecule has 1 aromatic rings. The molecule has 6 unspecified atom stereocenters. The van der Waals surface area contributed by atoms with Crippen LogP contribution < -0.4 is 27.4 Å². The molecule has 1 aromatic carbocycles. The van der Waals surface area contributed by atoms with Crippen molar-refractivity contribution in [2.75, 3.05) is 0 Å². The van der Waals surface area contributed by atoms with Crippen molar-refractivity contribution in [2.24, 2.45) is 23.3 Å². The second kappa shape index (κ2) is 14.8. The van der Waals surface area contributed by atoms with Crippen LogP contribution in [0.4, 0.5) is 0 Å². The van der Waals surface area contributed by atoms with Gasteiger partial charge in [0.05, 0.1) is 12.5 Å². The Labute approximate surface area is 216 Å². The van der Waals surface area contributed by atoms with Crippen LogP contribution in [-0.4, -0.2) is 64.0 Å². The largest absolute Gasteiger partial charge is 0.508 e. The Balaban J connectivity index is 3.06. The number of primary amides is 1. The zero-order valence-electron chi connectivity index (χ0n) is 21.7. The normalized spacial score (nSPS) is 15.8. The second-order valence-electron chi connectivity index (χ2n) is 9.28. The van der Waals surface area contributed by atoms with E-state index in [4.69, 9.17) is 11.5 Å². The van der Waals surface area contributed by atoms with E-state index >= 15 is 0 Å². The maximum absolute atomic E-state index is 13.1. The number of carbonyl (C=O) groups excluding carboxylic acids is 4. The van der Waals surface area contributed by atoms with E-state index in [-0.39, 0.29) is 18.1 Å². The molecular formula is C25H39N5O7. The molecule has 1 rings (SSSR count). The maximum Gasteiger partial charge on any atom is 0.326 e. The molecule has 9 N–H and O–H groups in total. The van der Waals surface area contributed by atoms with E-state index in [1.54, 1.807) is 20.8 Å². The van der Waals surface area contributed by atoms with E-state index < -0.39 is 66.1 Å². The van der Waals surface area contributed by atoms with Gasteiger partial charge in [-0.15, -0.1) is 0 Å². The Morgan fingerprint density at radius 2 is 1.38 bits per heavy atom. The lowest BCUT2D eigenvalue weighted by Gasteiger charge is -2.28. The highest BCUT2D eigenvalue weighted by Gasteiger charge is 2.33. The SMILES string of the molecule is CCC(C)C(N)C(=O)NC(CC(N)=O)C(=O)NC(C(=O)NC(Cc1ccc(O)cc1)C(=O)O)C(C)CC. The zero-order valence-corrected chi connectivity index (χ0v) is 21.7. The van der Waals surface area contributed by atoms with Gasteiger partial charge in [0.15, 0.2) is 0 Å². The van der Waals surface area contributed by atoms with Crippen molar-refractivity contribution in [3.8, 4) is 5.75 Å². The third-order valence-electron chi connectivity index (χ3n) is 6.38. The molecule has 0 spiro atoms. The molecule has 0 aliphatic carbocycles. The monoisotopic (exact) mass is 521 g/mol. The summed E-state index contributed by atoms with van der Waals surface area (Å²) in [5, 5.41) is 26.5. The van der Waals surface area contributed by atoms with Crippen LogP contribution in [0.3, 0.4) is 0 Å². The van der Waals surface area contributed by atoms with Gasteiger partial charge in [-0.1, -0.05) is 52.7 Å². The van der Waals surface area contributed by atoms with Crippen LogP contribution in [0.5, 0.6) is 5.75 Å². The Bertz CT molecular complexity index is 953. The number of hydrogen-bond acceptors (Lipinski definition) is 7. The molecule has 37 heavy (non-hydrogen) atoms. The minimum absolute atomic E-state index is 0.0157. The minimum Gasteiger partial charge on any atom is -0.508 e. The Kier molecular flexibility index (Phi) is 12.5. The topological polar surface area (TPSA) is 214 Å². The summed E-state index contributed by atoms with van der Waals surface area (Å²) >= 11 is 0. The first kappa shape index (κ1) is 31.4. The number of amides is 4. The average molecular weight is 522 g/mol. The fourth-order valence-electron chi connectivity index (χ4n) is 3.48. The van der Waals surface area contributed by atoms with Crippen molar-refractivity contribution in [3.05, 3.63) is 29.8 Å². The van der Waals surface area contributed by atoms with Gasteiger partial charge in [-0.05, 0) is 29.5 Å². The van der Waals surface area contributed by atoms with Gasteiger partial charge in [0.1, 0.15) is 23.9 Å². The van der Waals surface area contributed by atoms with Gasteiger partial charge in [-0.25, -0.2) is 4.79 Å². The minimum atomic E-state index is -1.37. The predicted octanol–water partition coefficient (Wildman–Crippen LogP) is -0.231. The van der Waals surface area contributed by atoms with E-state index in [0.717, 1.165) is 0 Å². The van der Waals surface area contributed by atoms with E-state index in [1.165, 1.54) is 24.3 Å². The fourth-order valence-corrected chi connectivity index (χ4v) is 3.48. The summed E-state index contributed by atoms with van der Waals surface area (Å²) in [6, 6.07) is 1.12. The summed E-state index contributed by atoms with van der Waals surface area (Å²) in [6.45, 7) is 7.11. The summed E-state index contributed by atoms with van der Waals surface area (Å²) in [5.41, 5.74) is 11.8. The molecule has 0 fully saturated rings.